The molecule has 0 spiro atoms. The lowest BCUT2D eigenvalue weighted by atomic mass is 10.0. The van der Waals surface area contributed by atoms with E-state index in [1.165, 1.54) is 0 Å². The molecule has 5 nitrogen and oxygen atoms in total. The maximum atomic E-state index is 13.3. The molecule has 27 heavy (non-hydrogen) atoms. The van der Waals surface area contributed by atoms with E-state index < -0.39 is 0 Å². The van der Waals surface area contributed by atoms with Crippen LogP contribution in [0.3, 0.4) is 0 Å². The van der Waals surface area contributed by atoms with Crippen LogP contribution in [0.15, 0.2) is 42.5 Å². The average molecular weight is 362 g/mol. The molecule has 5 heteroatoms. The first-order chi connectivity index (χ1) is 13.0. The zero-order valence-electron chi connectivity index (χ0n) is 15.8. The highest BCUT2D eigenvalue weighted by molar-refractivity contribution is 6.06. The molecule has 0 N–H and O–H groups in total. The van der Waals surface area contributed by atoms with Crippen LogP contribution in [-0.4, -0.2) is 29.1 Å². The van der Waals surface area contributed by atoms with Gasteiger partial charge in [0.15, 0.2) is 11.5 Å². The number of amides is 1. The molecule has 3 aromatic rings. The van der Waals surface area contributed by atoms with E-state index in [-0.39, 0.29) is 12.7 Å². The molecule has 1 aliphatic heterocycles. The molecule has 1 aliphatic rings. The Balaban J connectivity index is 1.68. The quantitative estimate of drug-likeness (QED) is 0.696. The third-order valence-electron chi connectivity index (χ3n) is 4.80. The molecule has 2 heterocycles. The van der Waals surface area contributed by atoms with Crippen LogP contribution in [0.1, 0.15) is 34.1 Å². The zero-order chi connectivity index (χ0) is 19.0. The Morgan fingerprint density at radius 2 is 1.89 bits per heavy atom. The minimum atomic E-state index is 0.0104. The van der Waals surface area contributed by atoms with Gasteiger partial charge in [0.2, 0.25) is 6.79 Å². The topological polar surface area (TPSA) is 51.7 Å². The molecule has 138 valence electrons. The standard InChI is InChI=1S/C22H22N2O3/c1-4-24(12-16-6-8-20-21(11-16)27-13-26-20)22(25)18-10-15(3)23-19-7-5-14(2)9-17(18)19/h5-11H,4,12-13H2,1-3H3. The highest BCUT2D eigenvalue weighted by Gasteiger charge is 2.20. The number of benzene rings is 2. The van der Waals surface area contributed by atoms with Gasteiger partial charge < -0.3 is 14.4 Å². The first-order valence-corrected chi connectivity index (χ1v) is 9.11. The predicted molar refractivity (Wildman–Crippen MR) is 104 cm³/mol. The van der Waals surface area contributed by atoms with Crippen molar-refractivity contribution in [3.05, 3.63) is 64.8 Å². The Morgan fingerprint density at radius 3 is 2.70 bits per heavy atom. The SMILES string of the molecule is CCN(Cc1ccc2c(c1)OCO2)C(=O)c1cc(C)nc2ccc(C)cc12. The highest BCUT2D eigenvalue weighted by Crippen LogP contribution is 2.33. The number of aryl methyl sites for hydroxylation is 2. The Kier molecular flexibility index (Phi) is 4.44. The summed E-state index contributed by atoms with van der Waals surface area (Å²) >= 11 is 0. The number of pyridine rings is 1. The summed E-state index contributed by atoms with van der Waals surface area (Å²) in [5.41, 5.74) is 4.52. The Bertz CT molecular complexity index is 1030. The van der Waals surface area contributed by atoms with Crippen LogP contribution >= 0.6 is 0 Å². The molecule has 0 atom stereocenters. The molecule has 0 unspecified atom stereocenters. The van der Waals surface area contributed by atoms with E-state index in [0.29, 0.717) is 18.7 Å². The van der Waals surface area contributed by atoms with Gasteiger partial charge in [-0.05, 0) is 56.7 Å². The minimum absolute atomic E-state index is 0.0104. The van der Waals surface area contributed by atoms with Gasteiger partial charge in [0, 0.05) is 24.2 Å². The van der Waals surface area contributed by atoms with Crippen molar-refractivity contribution in [2.75, 3.05) is 13.3 Å². The van der Waals surface area contributed by atoms with Crippen molar-refractivity contribution < 1.29 is 14.3 Å². The number of carbonyl (C=O) groups excluding carboxylic acids is 1. The summed E-state index contributed by atoms with van der Waals surface area (Å²) in [6.07, 6.45) is 0. The maximum Gasteiger partial charge on any atom is 0.254 e. The first-order valence-electron chi connectivity index (χ1n) is 9.11. The molecule has 0 saturated carbocycles. The molecule has 0 aliphatic carbocycles. The normalized spacial score (nSPS) is 12.4. The van der Waals surface area contributed by atoms with Crippen molar-refractivity contribution in [2.45, 2.75) is 27.3 Å². The summed E-state index contributed by atoms with van der Waals surface area (Å²) in [7, 11) is 0. The van der Waals surface area contributed by atoms with E-state index in [0.717, 1.165) is 39.2 Å². The number of rotatable bonds is 4. The molecule has 0 radical (unpaired) electrons. The summed E-state index contributed by atoms with van der Waals surface area (Å²) in [6, 6.07) is 13.7. The second kappa shape index (κ2) is 6.91. The lowest BCUT2D eigenvalue weighted by Gasteiger charge is -2.22. The number of nitrogens with zero attached hydrogens (tertiary/aromatic N) is 2. The van der Waals surface area contributed by atoms with E-state index in [4.69, 9.17) is 9.47 Å². The van der Waals surface area contributed by atoms with Gasteiger partial charge in [0.05, 0.1) is 11.1 Å². The Labute approximate surface area is 158 Å². The molecule has 0 fully saturated rings. The molecular formula is C22H22N2O3. The van der Waals surface area contributed by atoms with Gasteiger partial charge in [-0.25, -0.2) is 0 Å². The first kappa shape index (κ1) is 17.3. The molecule has 0 bridgehead atoms. The summed E-state index contributed by atoms with van der Waals surface area (Å²) < 4.78 is 10.8. The van der Waals surface area contributed by atoms with Crippen LogP contribution in [-0.2, 0) is 6.54 Å². The number of carbonyl (C=O) groups is 1. The van der Waals surface area contributed by atoms with Gasteiger partial charge in [-0.3, -0.25) is 9.78 Å². The molecular weight excluding hydrogens is 340 g/mol. The summed E-state index contributed by atoms with van der Waals surface area (Å²) in [5.74, 6) is 1.49. The van der Waals surface area contributed by atoms with E-state index in [9.17, 15) is 4.79 Å². The van der Waals surface area contributed by atoms with Gasteiger partial charge in [0.25, 0.3) is 5.91 Å². The van der Waals surface area contributed by atoms with Crippen molar-refractivity contribution in [1.29, 1.82) is 0 Å². The van der Waals surface area contributed by atoms with Crippen LogP contribution in [0.2, 0.25) is 0 Å². The minimum Gasteiger partial charge on any atom is -0.454 e. The van der Waals surface area contributed by atoms with E-state index in [1.54, 1.807) is 0 Å². The second-order valence-corrected chi connectivity index (χ2v) is 6.84. The third-order valence-corrected chi connectivity index (χ3v) is 4.80. The zero-order valence-corrected chi connectivity index (χ0v) is 15.8. The summed E-state index contributed by atoms with van der Waals surface area (Å²) in [6.45, 7) is 7.31. The summed E-state index contributed by atoms with van der Waals surface area (Å²) in [4.78, 5) is 19.7. The third kappa shape index (κ3) is 3.33. The van der Waals surface area contributed by atoms with Crippen LogP contribution in [0, 0.1) is 13.8 Å². The molecule has 1 aromatic heterocycles. The molecule has 4 rings (SSSR count). The van der Waals surface area contributed by atoms with Crippen molar-refractivity contribution in [3.63, 3.8) is 0 Å². The van der Waals surface area contributed by atoms with Gasteiger partial charge >= 0.3 is 0 Å². The van der Waals surface area contributed by atoms with Gasteiger partial charge in [-0.15, -0.1) is 0 Å². The maximum absolute atomic E-state index is 13.3. The molecule has 0 saturated heterocycles. The largest absolute Gasteiger partial charge is 0.454 e. The van der Waals surface area contributed by atoms with Crippen LogP contribution < -0.4 is 9.47 Å². The number of aromatic nitrogens is 1. The smallest absolute Gasteiger partial charge is 0.254 e. The van der Waals surface area contributed by atoms with Gasteiger partial charge in [0.1, 0.15) is 0 Å². The van der Waals surface area contributed by atoms with Gasteiger partial charge in [-0.1, -0.05) is 17.7 Å². The van der Waals surface area contributed by atoms with E-state index >= 15 is 0 Å². The van der Waals surface area contributed by atoms with E-state index in [2.05, 4.69) is 4.98 Å². The van der Waals surface area contributed by atoms with Crippen LogP contribution in [0.4, 0.5) is 0 Å². The predicted octanol–water partition coefficient (Wildman–Crippen LogP) is 4.24. The highest BCUT2D eigenvalue weighted by atomic mass is 16.7. The van der Waals surface area contributed by atoms with Crippen molar-refractivity contribution in [2.24, 2.45) is 0 Å². The number of hydrogen-bond acceptors (Lipinski definition) is 4. The number of fused-ring (bicyclic) bond motifs is 2. The average Bonchev–Trinajstić information content (AvgIpc) is 3.13. The number of hydrogen-bond donors (Lipinski definition) is 0. The van der Waals surface area contributed by atoms with Crippen LogP contribution in [0.5, 0.6) is 11.5 Å². The fourth-order valence-corrected chi connectivity index (χ4v) is 3.41. The van der Waals surface area contributed by atoms with Gasteiger partial charge in [-0.2, -0.15) is 0 Å². The lowest BCUT2D eigenvalue weighted by molar-refractivity contribution is 0.0754. The monoisotopic (exact) mass is 362 g/mol. The van der Waals surface area contributed by atoms with Crippen molar-refractivity contribution >= 4 is 16.8 Å². The fraction of sp³-hybridized carbons (Fsp3) is 0.273. The Morgan fingerprint density at radius 1 is 1.07 bits per heavy atom. The van der Waals surface area contributed by atoms with Crippen molar-refractivity contribution in [3.8, 4) is 11.5 Å². The van der Waals surface area contributed by atoms with Crippen molar-refractivity contribution in [1.82, 2.24) is 9.88 Å². The summed E-state index contributed by atoms with van der Waals surface area (Å²) in [5, 5.41) is 0.898. The molecule has 1 amide bonds. The Hall–Kier alpha value is -3.08. The second-order valence-electron chi connectivity index (χ2n) is 6.84. The van der Waals surface area contributed by atoms with Crippen LogP contribution in [0.25, 0.3) is 10.9 Å². The fourth-order valence-electron chi connectivity index (χ4n) is 3.41. The molecule has 2 aromatic carbocycles. The number of ether oxygens (including phenoxy) is 2. The lowest BCUT2D eigenvalue weighted by Crippen LogP contribution is -2.30. The van der Waals surface area contributed by atoms with E-state index in [1.807, 2.05) is 68.1 Å².